The second-order valence-corrected chi connectivity index (χ2v) is 8.83. The first-order chi connectivity index (χ1) is 16.7. The molecule has 0 radical (unpaired) electrons. The molecule has 6 rings (SSSR count). The molecule has 1 amide bonds. The van der Waals surface area contributed by atoms with E-state index < -0.39 is 0 Å². The number of fused-ring (bicyclic) bond motifs is 2. The van der Waals surface area contributed by atoms with Crippen molar-refractivity contribution in [1.82, 2.24) is 24.4 Å². The number of aromatic nitrogens is 4. The maximum atomic E-state index is 12.0. The molecule has 0 bridgehead atoms. The zero-order valence-corrected chi connectivity index (χ0v) is 18.8. The van der Waals surface area contributed by atoms with Gasteiger partial charge in [0.25, 0.3) is 0 Å². The van der Waals surface area contributed by atoms with Crippen molar-refractivity contribution in [3.05, 3.63) is 24.5 Å². The summed E-state index contributed by atoms with van der Waals surface area (Å²) in [5, 5.41) is 13.2. The van der Waals surface area contributed by atoms with Crippen LogP contribution in [0.25, 0.3) is 11.2 Å². The Morgan fingerprint density at radius 3 is 2.88 bits per heavy atom. The van der Waals surface area contributed by atoms with E-state index in [-0.39, 0.29) is 25.3 Å². The maximum Gasteiger partial charge on any atom is 0.231 e. The number of carbonyl (C=O) groups excluding carboxylic acids is 1. The molecule has 2 saturated heterocycles. The van der Waals surface area contributed by atoms with E-state index in [0.29, 0.717) is 53.9 Å². The van der Waals surface area contributed by atoms with Gasteiger partial charge in [-0.1, -0.05) is 0 Å². The second kappa shape index (κ2) is 8.64. The first kappa shape index (κ1) is 21.0. The molecule has 34 heavy (non-hydrogen) atoms. The van der Waals surface area contributed by atoms with Gasteiger partial charge in [0.2, 0.25) is 18.6 Å². The number of hydrogen-bond donors (Lipinski definition) is 2. The summed E-state index contributed by atoms with van der Waals surface area (Å²) in [7, 11) is 0. The van der Waals surface area contributed by atoms with Crippen molar-refractivity contribution in [2.75, 3.05) is 43.3 Å². The predicted octanol–water partition coefficient (Wildman–Crippen LogP) is 1.88. The van der Waals surface area contributed by atoms with Gasteiger partial charge >= 0.3 is 0 Å². The summed E-state index contributed by atoms with van der Waals surface area (Å²) in [4.78, 5) is 30.3. The number of aliphatic hydroxyl groups excluding tert-OH is 1. The number of anilines is 3. The molecule has 11 nitrogen and oxygen atoms in total. The van der Waals surface area contributed by atoms with Crippen LogP contribution in [0, 0.1) is 0 Å². The van der Waals surface area contributed by atoms with E-state index in [9.17, 15) is 9.90 Å². The molecule has 0 aliphatic carbocycles. The monoisotopic (exact) mass is 465 g/mol. The number of amides is 1. The molecular weight excluding hydrogens is 438 g/mol. The summed E-state index contributed by atoms with van der Waals surface area (Å²) >= 11 is 0. The number of imidazole rings is 1. The summed E-state index contributed by atoms with van der Waals surface area (Å²) < 4.78 is 12.9. The van der Waals surface area contributed by atoms with Crippen molar-refractivity contribution in [3.8, 4) is 11.5 Å². The topological polar surface area (TPSA) is 118 Å². The predicted molar refractivity (Wildman–Crippen MR) is 124 cm³/mol. The Hall–Kier alpha value is -3.60. The molecule has 178 valence electrons. The van der Waals surface area contributed by atoms with E-state index in [2.05, 4.69) is 15.2 Å². The van der Waals surface area contributed by atoms with Crippen LogP contribution in [-0.4, -0.2) is 74.5 Å². The number of hydrogen-bond acceptors (Lipinski definition) is 9. The average molecular weight is 466 g/mol. The minimum Gasteiger partial charge on any atom is -0.454 e. The standard InChI is InChI=1S/C23H27N7O4/c31-12-16-3-1-8-30(16)23-26-21(25-15-5-6-17-18(11-15)34-14-33-17)20-22(27-23)29(13-24-20)10-9-28-7-2-4-19(28)32/h5-6,11,13,16,31H,1-4,7-10,12,14H2,(H,25,26,27). The van der Waals surface area contributed by atoms with Crippen molar-refractivity contribution >= 4 is 34.5 Å². The molecule has 2 N–H and O–H groups in total. The Labute approximate surface area is 196 Å². The number of benzene rings is 1. The summed E-state index contributed by atoms with van der Waals surface area (Å²) in [5.41, 5.74) is 2.14. The van der Waals surface area contributed by atoms with Gasteiger partial charge in [-0.15, -0.1) is 0 Å². The highest BCUT2D eigenvalue weighted by Crippen LogP contribution is 2.36. The van der Waals surface area contributed by atoms with Gasteiger partial charge in [0.1, 0.15) is 0 Å². The van der Waals surface area contributed by atoms with Crippen molar-refractivity contribution in [3.63, 3.8) is 0 Å². The highest BCUT2D eigenvalue weighted by Gasteiger charge is 2.28. The number of nitrogens with one attached hydrogen (secondary N) is 1. The molecule has 2 fully saturated rings. The second-order valence-electron chi connectivity index (χ2n) is 8.83. The third-order valence-corrected chi connectivity index (χ3v) is 6.71. The van der Waals surface area contributed by atoms with Crippen LogP contribution in [0.2, 0.25) is 0 Å². The Bertz CT molecular complexity index is 1230. The van der Waals surface area contributed by atoms with Gasteiger partial charge in [-0.2, -0.15) is 9.97 Å². The fourth-order valence-electron chi connectivity index (χ4n) is 4.88. The smallest absolute Gasteiger partial charge is 0.231 e. The molecule has 5 heterocycles. The molecule has 3 aliphatic heterocycles. The van der Waals surface area contributed by atoms with E-state index in [1.54, 1.807) is 6.33 Å². The van der Waals surface area contributed by atoms with Gasteiger partial charge in [-0.3, -0.25) is 4.79 Å². The van der Waals surface area contributed by atoms with Crippen LogP contribution < -0.4 is 19.7 Å². The van der Waals surface area contributed by atoms with Crippen LogP contribution in [0.3, 0.4) is 0 Å². The lowest BCUT2D eigenvalue weighted by Crippen LogP contribution is -2.33. The number of rotatable bonds is 7. The SMILES string of the molecule is O=C1CCCN1CCn1cnc2c(Nc3ccc4c(c3)OCO4)nc(N3CCCC3CO)nc21. The summed E-state index contributed by atoms with van der Waals surface area (Å²) in [6.07, 6.45) is 5.17. The highest BCUT2D eigenvalue weighted by atomic mass is 16.7. The summed E-state index contributed by atoms with van der Waals surface area (Å²) in [5.74, 6) is 2.73. The lowest BCUT2D eigenvalue weighted by Gasteiger charge is -2.23. The van der Waals surface area contributed by atoms with Crippen molar-refractivity contribution < 1.29 is 19.4 Å². The van der Waals surface area contributed by atoms with Gasteiger partial charge in [-0.25, -0.2) is 4.98 Å². The quantitative estimate of drug-likeness (QED) is 0.539. The van der Waals surface area contributed by atoms with Crippen molar-refractivity contribution in [2.45, 2.75) is 38.3 Å². The first-order valence-corrected chi connectivity index (χ1v) is 11.7. The van der Waals surface area contributed by atoms with Crippen LogP contribution in [0.15, 0.2) is 24.5 Å². The number of ether oxygens (including phenoxy) is 2. The van der Waals surface area contributed by atoms with Gasteiger partial charge in [0.05, 0.1) is 19.0 Å². The van der Waals surface area contributed by atoms with Gasteiger partial charge in [0, 0.05) is 44.4 Å². The van der Waals surface area contributed by atoms with Crippen molar-refractivity contribution in [1.29, 1.82) is 0 Å². The number of carbonyl (C=O) groups is 1. The zero-order valence-electron chi connectivity index (χ0n) is 18.8. The van der Waals surface area contributed by atoms with E-state index in [1.165, 1.54) is 0 Å². The normalized spacial score (nSPS) is 19.6. The minimum absolute atomic E-state index is 0.00515. The van der Waals surface area contributed by atoms with Crippen LogP contribution in [0.5, 0.6) is 11.5 Å². The van der Waals surface area contributed by atoms with Crippen LogP contribution in [0.4, 0.5) is 17.5 Å². The minimum atomic E-state index is -0.00515. The molecule has 1 atom stereocenters. The molecule has 0 spiro atoms. The zero-order chi connectivity index (χ0) is 23.1. The van der Waals surface area contributed by atoms with E-state index >= 15 is 0 Å². The molecule has 1 aromatic carbocycles. The maximum absolute atomic E-state index is 12.0. The fourth-order valence-corrected chi connectivity index (χ4v) is 4.88. The summed E-state index contributed by atoms with van der Waals surface area (Å²) in [6.45, 7) is 3.08. The fraction of sp³-hybridized carbons (Fsp3) is 0.478. The first-order valence-electron chi connectivity index (χ1n) is 11.7. The van der Waals surface area contributed by atoms with Gasteiger partial charge in [-0.05, 0) is 31.4 Å². The number of aliphatic hydroxyl groups is 1. The van der Waals surface area contributed by atoms with Gasteiger partial charge < -0.3 is 34.3 Å². The molecule has 2 aromatic heterocycles. The largest absolute Gasteiger partial charge is 0.454 e. The van der Waals surface area contributed by atoms with Gasteiger partial charge in [0.15, 0.2) is 28.5 Å². The molecule has 3 aromatic rings. The molecule has 0 saturated carbocycles. The number of likely N-dealkylation sites (tertiary alicyclic amines) is 1. The van der Waals surface area contributed by atoms with E-state index in [4.69, 9.17) is 19.4 Å². The molecule has 11 heteroatoms. The lowest BCUT2D eigenvalue weighted by molar-refractivity contribution is -0.127. The highest BCUT2D eigenvalue weighted by molar-refractivity contribution is 5.87. The van der Waals surface area contributed by atoms with Crippen LogP contribution >= 0.6 is 0 Å². The van der Waals surface area contributed by atoms with Crippen LogP contribution in [-0.2, 0) is 11.3 Å². The molecule has 3 aliphatic rings. The third kappa shape index (κ3) is 3.75. The third-order valence-electron chi connectivity index (χ3n) is 6.71. The Morgan fingerprint density at radius 1 is 1.12 bits per heavy atom. The van der Waals surface area contributed by atoms with Crippen LogP contribution in [0.1, 0.15) is 25.7 Å². The van der Waals surface area contributed by atoms with Crippen molar-refractivity contribution in [2.24, 2.45) is 0 Å². The number of nitrogens with zero attached hydrogens (tertiary/aromatic N) is 6. The van der Waals surface area contributed by atoms with E-state index in [1.807, 2.05) is 27.7 Å². The Balaban J connectivity index is 1.36. The molecular formula is C23H27N7O4. The summed E-state index contributed by atoms with van der Waals surface area (Å²) in [6, 6.07) is 5.63. The Kier molecular flexibility index (Phi) is 5.33. The lowest BCUT2D eigenvalue weighted by atomic mass is 10.2. The Morgan fingerprint density at radius 2 is 2.03 bits per heavy atom. The van der Waals surface area contributed by atoms with E-state index in [0.717, 1.165) is 38.0 Å². The molecule has 1 unspecified atom stereocenters. The average Bonchev–Trinajstić information content (AvgIpc) is 3.64.